The number of aryl methyl sites for hydroxylation is 2. The summed E-state index contributed by atoms with van der Waals surface area (Å²) in [4.78, 5) is 3.48. The van der Waals surface area contributed by atoms with E-state index in [2.05, 4.69) is 82.5 Å². The molecule has 0 atom stereocenters. The minimum atomic E-state index is 0.879. The third-order valence-electron chi connectivity index (χ3n) is 4.14. The second kappa shape index (κ2) is 4.48. The zero-order valence-electron chi connectivity index (χ0n) is 12.3. The molecule has 0 saturated carbocycles. The van der Waals surface area contributed by atoms with Crippen molar-refractivity contribution in [3.05, 3.63) is 71.5 Å². The van der Waals surface area contributed by atoms with Crippen molar-refractivity contribution in [1.29, 1.82) is 0 Å². The van der Waals surface area contributed by atoms with E-state index < -0.39 is 0 Å². The number of benzene rings is 2. The van der Waals surface area contributed by atoms with Gasteiger partial charge in [0.1, 0.15) is 22.9 Å². The quantitative estimate of drug-likeness (QED) is 0.543. The van der Waals surface area contributed by atoms with E-state index in [0.29, 0.717) is 0 Å². The number of aromatic nitrogens is 3. The minimum Gasteiger partial charge on any atom is -0.245 e. The summed E-state index contributed by atoms with van der Waals surface area (Å²) in [7, 11) is 0. The maximum atomic E-state index is 3.48. The summed E-state index contributed by atoms with van der Waals surface area (Å²) in [5.41, 5.74) is 6.36. The number of para-hydroxylation sites is 2. The van der Waals surface area contributed by atoms with Crippen LogP contribution < -0.4 is 4.57 Å². The molecule has 4 rings (SSSR count). The average Bonchev–Trinajstić information content (AvgIpc) is 2.99. The van der Waals surface area contributed by atoms with Crippen LogP contribution in [0.2, 0.25) is 0 Å². The van der Waals surface area contributed by atoms with Crippen molar-refractivity contribution in [2.45, 2.75) is 20.4 Å². The Bertz CT molecular complexity index is 944. The van der Waals surface area contributed by atoms with Crippen molar-refractivity contribution < 1.29 is 4.57 Å². The van der Waals surface area contributed by atoms with Crippen molar-refractivity contribution in [1.82, 2.24) is 9.38 Å². The normalized spacial score (nSPS) is 11.5. The van der Waals surface area contributed by atoms with E-state index in [1.165, 1.54) is 27.9 Å². The van der Waals surface area contributed by atoms with Crippen LogP contribution in [0.4, 0.5) is 0 Å². The Morgan fingerprint density at radius 2 is 1.76 bits per heavy atom. The molecule has 0 bridgehead atoms. The molecular weight excluding hydrogens is 258 g/mol. The second-order valence-corrected chi connectivity index (χ2v) is 5.63. The Labute approximate surface area is 123 Å². The van der Waals surface area contributed by atoms with Crippen LogP contribution in [-0.4, -0.2) is 9.38 Å². The molecule has 2 aromatic heterocycles. The van der Waals surface area contributed by atoms with Crippen molar-refractivity contribution >= 4 is 16.8 Å². The van der Waals surface area contributed by atoms with E-state index in [9.17, 15) is 0 Å². The van der Waals surface area contributed by atoms with Crippen LogP contribution in [0, 0.1) is 13.8 Å². The van der Waals surface area contributed by atoms with Gasteiger partial charge in [-0.25, -0.2) is 9.55 Å². The number of nitrogens with one attached hydrogen (secondary N) is 1. The van der Waals surface area contributed by atoms with Gasteiger partial charge in [0.15, 0.2) is 0 Å². The average molecular weight is 276 g/mol. The first kappa shape index (κ1) is 12.2. The summed E-state index contributed by atoms with van der Waals surface area (Å²) in [6, 6.07) is 17.1. The number of H-pyrrole nitrogens is 1. The fraction of sp³-hybridized carbons (Fsp3) is 0.167. The lowest BCUT2D eigenvalue weighted by Crippen LogP contribution is -2.34. The van der Waals surface area contributed by atoms with Gasteiger partial charge in [-0.2, -0.15) is 4.40 Å². The van der Waals surface area contributed by atoms with E-state index in [-0.39, 0.29) is 0 Å². The summed E-state index contributed by atoms with van der Waals surface area (Å²) in [6.45, 7) is 5.15. The molecule has 21 heavy (non-hydrogen) atoms. The Kier molecular flexibility index (Phi) is 2.61. The number of rotatable bonds is 2. The van der Waals surface area contributed by atoms with Gasteiger partial charge in [-0.1, -0.05) is 36.4 Å². The number of nitrogens with zero attached hydrogens (tertiary/aromatic N) is 2. The van der Waals surface area contributed by atoms with Gasteiger partial charge < -0.3 is 0 Å². The SMILES string of the molecule is Cc1cn2c3ccccc3[n+](Cc3ccccc3C)c2[nH]1. The first-order valence-electron chi connectivity index (χ1n) is 7.27. The van der Waals surface area contributed by atoms with Crippen molar-refractivity contribution in [3.8, 4) is 0 Å². The number of hydrogen-bond donors (Lipinski definition) is 1. The maximum Gasteiger partial charge on any atom is 0.368 e. The fourth-order valence-corrected chi connectivity index (χ4v) is 3.03. The molecule has 2 heterocycles. The lowest BCUT2D eigenvalue weighted by atomic mass is 10.1. The monoisotopic (exact) mass is 276 g/mol. The molecule has 4 aromatic rings. The van der Waals surface area contributed by atoms with E-state index >= 15 is 0 Å². The van der Waals surface area contributed by atoms with Gasteiger partial charge in [0, 0.05) is 0 Å². The summed E-state index contributed by atoms with van der Waals surface area (Å²) in [5.74, 6) is 1.14. The highest BCUT2D eigenvalue weighted by Gasteiger charge is 2.19. The van der Waals surface area contributed by atoms with Gasteiger partial charge in [0.2, 0.25) is 0 Å². The first-order valence-corrected chi connectivity index (χ1v) is 7.27. The van der Waals surface area contributed by atoms with Gasteiger partial charge in [0.25, 0.3) is 0 Å². The topological polar surface area (TPSA) is 24.1 Å². The third-order valence-corrected chi connectivity index (χ3v) is 4.14. The Hall–Kier alpha value is -2.55. The van der Waals surface area contributed by atoms with E-state index in [1.807, 2.05) is 0 Å². The van der Waals surface area contributed by atoms with Crippen LogP contribution in [0.3, 0.4) is 0 Å². The molecule has 0 unspecified atom stereocenters. The largest absolute Gasteiger partial charge is 0.368 e. The molecule has 0 saturated heterocycles. The van der Waals surface area contributed by atoms with Crippen LogP contribution in [0.25, 0.3) is 16.8 Å². The Morgan fingerprint density at radius 1 is 1.00 bits per heavy atom. The van der Waals surface area contributed by atoms with Crippen LogP contribution in [0.15, 0.2) is 54.7 Å². The predicted molar refractivity (Wildman–Crippen MR) is 84.5 cm³/mol. The highest BCUT2D eigenvalue weighted by atomic mass is 15.2. The molecule has 0 aliphatic heterocycles. The number of aromatic amines is 1. The number of hydrogen-bond acceptors (Lipinski definition) is 0. The lowest BCUT2D eigenvalue weighted by Gasteiger charge is -2.04. The van der Waals surface area contributed by atoms with Crippen LogP contribution in [0.1, 0.15) is 16.8 Å². The minimum absolute atomic E-state index is 0.879. The summed E-state index contributed by atoms with van der Waals surface area (Å²) in [5, 5.41) is 0. The summed E-state index contributed by atoms with van der Waals surface area (Å²) < 4.78 is 4.59. The molecule has 3 nitrogen and oxygen atoms in total. The van der Waals surface area contributed by atoms with Crippen molar-refractivity contribution in [2.24, 2.45) is 0 Å². The Balaban J connectivity index is 1.99. The van der Waals surface area contributed by atoms with Crippen LogP contribution in [-0.2, 0) is 6.54 Å². The van der Waals surface area contributed by atoms with Gasteiger partial charge in [0.05, 0.1) is 6.54 Å². The van der Waals surface area contributed by atoms with Gasteiger partial charge in [-0.15, -0.1) is 0 Å². The molecule has 2 aromatic carbocycles. The van der Waals surface area contributed by atoms with Crippen LogP contribution >= 0.6 is 0 Å². The van der Waals surface area contributed by atoms with Crippen molar-refractivity contribution in [3.63, 3.8) is 0 Å². The summed E-state index contributed by atoms with van der Waals surface area (Å²) >= 11 is 0. The van der Waals surface area contributed by atoms with E-state index in [1.54, 1.807) is 0 Å². The predicted octanol–water partition coefficient (Wildman–Crippen LogP) is 3.37. The molecule has 0 spiro atoms. The second-order valence-electron chi connectivity index (χ2n) is 5.63. The molecule has 0 radical (unpaired) electrons. The summed E-state index contributed by atoms with van der Waals surface area (Å²) in [6.07, 6.45) is 2.16. The van der Waals surface area contributed by atoms with Gasteiger partial charge in [-0.3, -0.25) is 0 Å². The number of fused-ring (bicyclic) bond motifs is 3. The van der Waals surface area contributed by atoms with Gasteiger partial charge in [-0.05, 0) is 37.1 Å². The molecular formula is C18H18N3+. The molecule has 0 aliphatic carbocycles. The maximum absolute atomic E-state index is 3.48. The molecule has 0 aliphatic rings. The smallest absolute Gasteiger partial charge is 0.245 e. The van der Waals surface area contributed by atoms with Gasteiger partial charge >= 0.3 is 5.78 Å². The first-order chi connectivity index (χ1) is 10.2. The van der Waals surface area contributed by atoms with E-state index in [0.717, 1.165) is 12.3 Å². The molecule has 104 valence electrons. The fourth-order valence-electron chi connectivity index (χ4n) is 3.03. The Morgan fingerprint density at radius 3 is 2.62 bits per heavy atom. The third kappa shape index (κ3) is 1.85. The zero-order valence-corrected chi connectivity index (χ0v) is 12.3. The number of imidazole rings is 2. The molecule has 1 N–H and O–H groups in total. The van der Waals surface area contributed by atoms with E-state index in [4.69, 9.17) is 0 Å². The standard InChI is InChI=1S/C18H17N3/c1-13-7-3-4-8-15(13)12-21-17-10-6-5-9-16(17)20-11-14(2)19-18(20)21/h3-11H,12H2,1-2H3/p+1. The van der Waals surface area contributed by atoms with Crippen LogP contribution in [0.5, 0.6) is 0 Å². The van der Waals surface area contributed by atoms with Crippen molar-refractivity contribution in [2.75, 3.05) is 0 Å². The molecule has 0 amide bonds. The highest BCUT2D eigenvalue weighted by molar-refractivity contribution is 5.75. The zero-order chi connectivity index (χ0) is 14.4. The molecule has 3 heteroatoms. The molecule has 0 fully saturated rings. The lowest BCUT2D eigenvalue weighted by molar-refractivity contribution is -0.638. The highest BCUT2D eigenvalue weighted by Crippen LogP contribution is 2.16.